The molecule has 1 aliphatic rings. The Hall–Kier alpha value is -1.16. The SMILES string of the molecule is CC=CCN1CCN(Cc2ccccc2)CC(O)C1. The van der Waals surface area contributed by atoms with E-state index < -0.39 is 0 Å². The fourth-order valence-electron chi connectivity index (χ4n) is 2.52. The van der Waals surface area contributed by atoms with E-state index in [1.165, 1.54) is 5.56 Å². The summed E-state index contributed by atoms with van der Waals surface area (Å²) >= 11 is 0. The Morgan fingerprint density at radius 1 is 1.16 bits per heavy atom. The number of rotatable bonds is 4. The van der Waals surface area contributed by atoms with Gasteiger partial charge in [-0.3, -0.25) is 9.80 Å². The molecule has 0 aromatic heterocycles. The normalized spacial score (nSPS) is 22.7. The maximum Gasteiger partial charge on any atom is 0.0794 e. The van der Waals surface area contributed by atoms with Crippen LogP contribution in [0.25, 0.3) is 0 Å². The summed E-state index contributed by atoms with van der Waals surface area (Å²) in [5.74, 6) is 0. The summed E-state index contributed by atoms with van der Waals surface area (Å²) in [6.45, 7) is 7.48. The molecular weight excluding hydrogens is 236 g/mol. The molecule has 3 nitrogen and oxygen atoms in total. The van der Waals surface area contributed by atoms with Gasteiger partial charge in [-0.1, -0.05) is 42.5 Å². The molecule has 1 aliphatic heterocycles. The maximum absolute atomic E-state index is 10.1. The molecule has 1 unspecified atom stereocenters. The van der Waals surface area contributed by atoms with Gasteiger partial charge in [0.05, 0.1) is 6.10 Å². The second kappa shape index (κ2) is 7.43. The van der Waals surface area contributed by atoms with Gasteiger partial charge in [-0.15, -0.1) is 0 Å². The van der Waals surface area contributed by atoms with Crippen LogP contribution in [0.5, 0.6) is 0 Å². The van der Waals surface area contributed by atoms with Crippen molar-refractivity contribution in [1.29, 1.82) is 0 Å². The Morgan fingerprint density at radius 3 is 2.58 bits per heavy atom. The van der Waals surface area contributed by atoms with Crippen LogP contribution in [0.4, 0.5) is 0 Å². The molecule has 1 saturated heterocycles. The van der Waals surface area contributed by atoms with Crippen LogP contribution < -0.4 is 0 Å². The average molecular weight is 260 g/mol. The Balaban J connectivity index is 1.90. The van der Waals surface area contributed by atoms with Gasteiger partial charge in [-0.25, -0.2) is 0 Å². The molecule has 2 rings (SSSR count). The quantitative estimate of drug-likeness (QED) is 0.835. The van der Waals surface area contributed by atoms with Gasteiger partial charge < -0.3 is 5.11 Å². The lowest BCUT2D eigenvalue weighted by Crippen LogP contribution is -2.33. The summed E-state index contributed by atoms with van der Waals surface area (Å²) < 4.78 is 0. The first-order valence-electron chi connectivity index (χ1n) is 7.06. The molecule has 0 radical (unpaired) electrons. The van der Waals surface area contributed by atoms with Gasteiger partial charge in [0.25, 0.3) is 0 Å². The highest BCUT2D eigenvalue weighted by atomic mass is 16.3. The first-order valence-corrected chi connectivity index (χ1v) is 7.06. The highest BCUT2D eigenvalue weighted by Gasteiger charge is 2.20. The van der Waals surface area contributed by atoms with E-state index in [9.17, 15) is 5.11 Å². The van der Waals surface area contributed by atoms with Crippen LogP contribution in [0.1, 0.15) is 12.5 Å². The van der Waals surface area contributed by atoms with Gasteiger partial charge in [0, 0.05) is 39.3 Å². The van der Waals surface area contributed by atoms with Gasteiger partial charge in [0.15, 0.2) is 0 Å². The Kier molecular flexibility index (Phi) is 5.58. The van der Waals surface area contributed by atoms with E-state index in [2.05, 4.69) is 46.2 Å². The van der Waals surface area contributed by atoms with Crippen molar-refractivity contribution in [2.75, 3.05) is 32.7 Å². The summed E-state index contributed by atoms with van der Waals surface area (Å²) in [7, 11) is 0. The Labute approximate surface area is 116 Å². The van der Waals surface area contributed by atoms with Crippen molar-refractivity contribution in [2.24, 2.45) is 0 Å². The molecule has 0 saturated carbocycles. The van der Waals surface area contributed by atoms with Gasteiger partial charge in [-0.2, -0.15) is 0 Å². The highest BCUT2D eigenvalue weighted by Crippen LogP contribution is 2.09. The summed E-state index contributed by atoms with van der Waals surface area (Å²) in [5.41, 5.74) is 1.32. The lowest BCUT2D eigenvalue weighted by Gasteiger charge is -2.21. The lowest BCUT2D eigenvalue weighted by atomic mass is 10.2. The molecule has 0 bridgehead atoms. The summed E-state index contributed by atoms with van der Waals surface area (Å²) in [4.78, 5) is 4.66. The van der Waals surface area contributed by atoms with Crippen LogP contribution in [-0.2, 0) is 6.54 Å². The fraction of sp³-hybridized carbons (Fsp3) is 0.500. The first kappa shape index (κ1) is 14.3. The van der Waals surface area contributed by atoms with Crippen molar-refractivity contribution in [2.45, 2.75) is 19.6 Å². The number of aliphatic hydroxyl groups is 1. The minimum atomic E-state index is -0.253. The Bertz CT molecular complexity index is 391. The van der Waals surface area contributed by atoms with E-state index >= 15 is 0 Å². The van der Waals surface area contributed by atoms with Crippen molar-refractivity contribution in [3.63, 3.8) is 0 Å². The molecule has 1 N–H and O–H groups in total. The van der Waals surface area contributed by atoms with Gasteiger partial charge in [-0.05, 0) is 12.5 Å². The second-order valence-corrected chi connectivity index (χ2v) is 5.20. The zero-order valence-electron chi connectivity index (χ0n) is 11.7. The smallest absolute Gasteiger partial charge is 0.0794 e. The van der Waals surface area contributed by atoms with Crippen LogP contribution in [0.2, 0.25) is 0 Å². The topological polar surface area (TPSA) is 26.7 Å². The molecule has 1 heterocycles. The summed E-state index contributed by atoms with van der Waals surface area (Å²) in [5, 5.41) is 10.1. The first-order chi connectivity index (χ1) is 9.28. The largest absolute Gasteiger partial charge is 0.390 e. The number of hydrogen-bond acceptors (Lipinski definition) is 3. The van der Waals surface area contributed by atoms with Crippen LogP contribution in [0, 0.1) is 0 Å². The third kappa shape index (κ3) is 4.78. The van der Waals surface area contributed by atoms with Gasteiger partial charge in [0.1, 0.15) is 0 Å². The van der Waals surface area contributed by atoms with Gasteiger partial charge >= 0.3 is 0 Å². The molecule has 1 atom stereocenters. The molecule has 104 valence electrons. The predicted octanol–water partition coefficient (Wildman–Crippen LogP) is 1.74. The number of aliphatic hydroxyl groups excluding tert-OH is 1. The zero-order chi connectivity index (χ0) is 13.5. The number of benzene rings is 1. The number of nitrogens with zero attached hydrogens (tertiary/aromatic N) is 2. The van der Waals surface area contributed by atoms with Crippen LogP contribution >= 0.6 is 0 Å². The minimum Gasteiger partial charge on any atom is -0.390 e. The molecule has 1 aromatic carbocycles. The van der Waals surface area contributed by atoms with Crippen molar-refractivity contribution >= 4 is 0 Å². The maximum atomic E-state index is 10.1. The molecule has 0 amide bonds. The van der Waals surface area contributed by atoms with Gasteiger partial charge in [0.2, 0.25) is 0 Å². The van der Waals surface area contributed by atoms with Crippen LogP contribution in [0.15, 0.2) is 42.5 Å². The number of allylic oxidation sites excluding steroid dienone is 1. The van der Waals surface area contributed by atoms with Crippen molar-refractivity contribution < 1.29 is 5.11 Å². The fourth-order valence-corrected chi connectivity index (χ4v) is 2.52. The summed E-state index contributed by atoms with van der Waals surface area (Å²) in [6, 6.07) is 10.5. The second-order valence-electron chi connectivity index (χ2n) is 5.20. The standard InChI is InChI=1S/C16H24N2O/c1-2-3-9-17-10-11-18(14-16(19)13-17)12-15-7-5-4-6-8-15/h2-8,16,19H,9-14H2,1H3. The van der Waals surface area contributed by atoms with E-state index in [4.69, 9.17) is 0 Å². The molecule has 1 fully saturated rings. The molecule has 3 heteroatoms. The lowest BCUT2D eigenvalue weighted by molar-refractivity contribution is 0.110. The highest BCUT2D eigenvalue weighted by molar-refractivity contribution is 5.14. The number of hydrogen-bond donors (Lipinski definition) is 1. The third-order valence-electron chi connectivity index (χ3n) is 3.52. The summed E-state index contributed by atoms with van der Waals surface area (Å²) in [6.07, 6.45) is 3.97. The average Bonchev–Trinajstić information content (AvgIpc) is 2.59. The minimum absolute atomic E-state index is 0.253. The predicted molar refractivity (Wildman–Crippen MR) is 79.0 cm³/mol. The molecule has 1 aromatic rings. The third-order valence-corrected chi connectivity index (χ3v) is 3.52. The molecule has 19 heavy (non-hydrogen) atoms. The van der Waals surface area contributed by atoms with Crippen LogP contribution in [0.3, 0.4) is 0 Å². The Morgan fingerprint density at radius 2 is 1.84 bits per heavy atom. The van der Waals surface area contributed by atoms with E-state index in [0.29, 0.717) is 0 Å². The van der Waals surface area contributed by atoms with E-state index in [0.717, 1.165) is 39.3 Å². The zero-order valence-corrected chi connectivity index (χ0v) is 11.7. The van der Waals surface area contributed by atoms with Crippen molar-refractivity contribution in [3.05, 3.63) is 48.0 Å². The molecular formula is C16H24N2O. The van der Waals surface area contributed by atoms with E-state index in [1.54, 1.807) is 0 Å². The van der Waals surface area contributed by atoms with E-state index in [-0.39, 0.29) is 6.10 Å². The van der Waals surface area contributed by atoms with Crippen molar-refractivity contribution in [3.8, 4) is 0 Å². The number of β-amino-alcohol motifs (C(OH)–C–C–N with tert-alkyl or cyclic N) is 1. The monoisotopic (exact) mass is 260 g/mol. The van der Waals surface area contributed by atoms with Crippen LogP contribution in [-0.4, -0.2) is 53.7 Å². The van der Waals surface area contributed by atoms with E-state index in [1.807, 2.05) is 13.0 Å². The molecule has 0 aliphatic carbocycles. The van der Waals surface area contributed by atoms with Crippen molar-refractivity contribution in [1.82, 2.24) is 9.80 Å². The molecule has 0 spiro atoms.